The minimum absolute atomic E-state index is 0.470. The predicted octanol–water partition coefficient (Wildman–Crippen LogP) is 4.36. The summed E-state index contributed by atoms with van der Waals surface area (Å²) in [5.41, 5.74) is 1.96. The zero-order valence-electron chi connectivity index (χ0n) is 17.4. The number of hydrogen-bond donors (Lipinski definition) is 3. The largest absolute Gasteiger partial charge is 0.367 e. The molecule has 5 heterocycles. The van der Waals surface area contributed by atoms with Crippen molar-refractivity contribution >= 4 is 28.4 Å². The van der Waals surface area contributed by atoms with Gasteiger partial charge in [0.1, 0.15) is 11.6 Å². The number of anilines is 3. The van der Waals surface area contributed by atoms with Gasteiger partial charge in [-0.05, 0) is 57.6 Å². The van der Waals surface area contributed by atoms with E-state index in [1.807, 2.05) is 31.3 Å². The van der Waals surface area contributed by atoms with Gasteiger partial charge in [-0.2, -0.15) is 5.10 Å². The van der Waals surface area contributed by atoms with E-state index < -0.39 is 0 Å². The van der Waals surface area contributed by atoms with E-state index in [9.17, 15) is 0 Å². The molecule has 3 fully saturated rings. The van der Waals surface area contributed by atoms with Gasteiger partial charge in [-0.3, -0.25) is 15.0 Å². The van der Waals surface area contributed by atoms with Gasteiger partial charge in [-0.25, -0.2) is 4.98 Å². The molecular formula is C23H29N7. The highest BCUT2D eigenvalue weighted by molar-refractivity contribution is 5.91. The van der Waals surface area contributed by atoms with Crippen molar-refractivity contribution in [2.24, 2.45) is 0 Å². The van der Waals surface area contributed by atoms with Crippen molar-refractivity contribution < 1.29 is 0 Å². The Morgan fingerprint density at radius 2 is 1.87 bits per heavy atom. The molecule has 1 aliphatic carbocycles. The van der Waals surface area contributed by atoms with E-state index in [1.54, 1.807) is 0 Å². The van der Waals surface area contributed by atoms with E-state index >= 15 is 0 Å². The first-order valence-corrected chi connectivity index (χ1v) is 11.3. The summed E-state index contributed by atoms with van der Waals surface area (Å²) in [6.07, 6.45) is 11.2. The molecule has 7 heteroatoms. The summed E-state index contributed by atoms with van der Waals surface area (Å²) in [6.45, 7) is 1.99. The van der Waals surface area contributed by atoms with E-state index in [-0.39, 0.29) is 0 Å². The van der Waals surface area contributed by atoms with Gasteiger partial charge in [0.05, 0.1) is 5.52 Å². The Bertz CT molecular complexity index is 1040. The van der Waals surface area contributed by atoms with Crippen LogP contribution in [0.5, 0.6) is 0 Å². The van der Waals surface area contributed by atoms with Crippen LogP contribution in [-0.2, 0) is 0 Å². The average Bonchev–Trinajstić information content (AvgIpc) is 3.20. The van der Waals surface area contributed by atoms with Gasteiger partial charge < -0.3 is 10.6 Å². The molecule has 2 bridgehead atoms. The fourth-order valence-electron chi connectivity index (χ4n) is 5.67. The number of rotatable bonds is 5. The van der Waals surface area contributed by atoms with Crippen molar-refractivity contribution in [3.63, 3.8) is 0 Å². The standard InChI is InChI=1S/C23H29N7/c1-14-10-22(29-28-14)26-21-13-20-19(6-3-9-24-20)23(27-21)25-15-11-17-7-8-18(12-15)30(17)16-4-2-5-16/h3,6,9-10,13,15-18H,2,4-5,7-8,11-12H2,1H3,(H3,25,26,27,28,29). The summed E-state index contributed by atoms with van der Waals surface area (Å²) in [4.78, 5) is 12.4. The lowest BCUT2D eigenvalue weighted by Crippen LogP contribution is -2.53. The number of aryl methyl sites for hydroxylation is 1. The highest BCUT2D eigenvalue weighted by atomic mass is 15.3. The number of H-pyrrole nitrogens is 1. The summed E-state index contributed by atoms with van der Waals surface area (Å²) in [5, 5.41) is 15.5. The predicted molar refractivity (Wildman–Crippen MR) is 119 cm³/mol. The highest BCUT2D eigenvalue weighted by Crippen LogP contribution is 2.42. The number of nitrogens with zero attached hydrogens (tertiary/aromatic N) is 4. The number of hydrogen-bond acceptors (Lipinski definition) is 6. The van der Waals surface area contributed by atoms with Gasteiger partial charge >= 0.3 is 0 Å². The second-order valence-corrected chi connectivity index (χ2v) is 9.22. The Morgan fingerprint density at radius 1 is 1.03 bits per heavy atom. The topological polar surface area (TPSA) is 81.8 Å². The van der Waals surface area contributed by atoms with Crippen LogP contribution in [0, 0.1) is 6.92 Å². The number of nitrogens with one attached hydrogen (secondary N) is 3. The molecule has 1 saturated carbocycles. The van der Waals surface area contributed by atoms with Gasteiger partial charge in [-0.1, -0.05) is 6.42 Å². The van der Waals surface area contributed by atoms with Crippen molar-refractivity contribution in [2.45, 2.75) is 76.0 Å². The van der Waals surface area contributed by atoms with Crippen molar-refractivity contribution in [2.75, 3.05) is 10.6 Å². The normalized spacial score (nSPS) is 26.6. The SMILES string of the molecule is Cc1cc(Nc2cc3ncccc3c(NC3CC4CCC(C3)N4C3CCC3)n2)n[nH]1. The van der Waals surface area contributed by atoms with E-state index in [0.29, 0.717) is 6.04 Å². The first kappa shape index (κ1) is 18.1. The van der Waals surface area contributed by atoms with Crippen molar-refractivity contribution in [3.8, 4) is 0 Å². The lowest BCUT2D eigenvalue weighted by Gasteiger charge is -2.47. The van der Waals surface area contributed by atoms with Crippen LogP contribution in [0.25, 0.3) is 10.9 Å². The Hall–Kier alpha value is -2.67. The van der Waals surface area contributed by atoms with Crippen molar-refractivity contribution in [1.82, 2.24) is 25.1 Å². The molecule has 3 aromatic heterocycles. The Kier molecular flexibility index (Phi) is 4.37. The van der Waals surface area contributed by atoms with E-state index in [0.717, 1.165) is 52.2 Å². The lowest BCUT2D eigenvalue weighted by atomic mass is 9.86. The van der Waals surface area contributed by atoms with Gasteiger partial charge in [0.15, 0.2) is 5.82 Å². The molecule has 30 heavy (non-hydrogen) atoms. The highest BCUT2D eigenvalue weighted by Gasteiger charge is 2.45. The minimum Gasteiger partial charge on any atom is -0.367 e. The molecule has 0 radical (unpaired) electrons. The van der Waals surface area contributed by atoms with Crippen LogP contribution in [0.3, 0.4) is 0 Å². The molecule has 2 atom stereocenters. The first-order valence-electron chi connectivity index (χ1n) is 11.3. The molecule has 3 aliphatic rings. The number of aromatic nitrogens is 4. The molecule has 156 valence electrons. The fourth-order valence-corrected chi connectivity index (χ4v) is 5.67. The van der Waals surface area contributed by atoms with Gasteiger partial charge in [0, 0.05) is 53.6 Å². The molecule has 2 unspecified atom stereocenters. The molecule has 7 nitrogen and oxygen atoms in total. The second kappa shape index (κ2) is 7.23. The molecule has 0 aromatic carbocycles. The molecule has 0 amide bonds. The van der Waals surface area contributed by atoms with Crippen LogP contribution in [0.15, 0.2) is 30.5 Å². The fraction of sp³-hybridized carbons (Fsp3) is 0.522. The smallest absolute Gasteiger partial charge is 0.153 e. The zero-order valence-corrected chi connectivity index (χ0v) is 17.4. The summed E-state index contributed by atoms with van der Waals surface area (Å²) in [6, 6.07) is 10.9. The quantitative estimate of drug-likeness (QED) is 0.587. The minimum atomic E-state index is 0.470. The van der Waals surface area contributed by atoms with Crippen molar-refractivity contribution in [1.29, 1.82) is 0 Å². The average molecular weight is 404 g/mol. The number of fused-ring (bicyclic) bond motifs is 3. The number of aromatic amines is 1. The molecule has 2 aliphatic heterocycles. The van der Waals surface area contributed by atoms with Gasteiger partial charge in [0.25, 0.3) is 0 Å². The van der Waals surface area contributed by atoms with Crippen LogP contribution in [0.2, 0.25) is 0 Å². The van der Waals surface area contributed by atoms with Gasteiger partial charge in [0.2, 0.25) is 0 Å². The maximum Gasteiger partial charge on any atom is 0.153 e. The number of pyridine rings is 2. The Balaban J connectivity index is 1.26. The molecule has 3 aromatic rings. The Morgan fingerprint density at radius 3 is 2.57 bits per heavy atom. The summed E-state index contributed by atoms with van der Waals surface area (Å²) in [5.74, 6) is 2.47. The van der Waals surface area contributed by atoms with Crippen molar-refractivity contribution in [3.05, 3.63) is 36.2 Å². The molecular weight excluding hydrogens is 374 g/mol. The van der Waals surface area contributed by atoms with Crippen LogP contribution in [0.4, 0.5) is 17.5 Å². The third kappa shape index (κ3) is 3.21. The van der Waals surface area contributed by atoms with Crippen LogP contribution >= 0.6 is 0 Å². The number of piperidine rings is 1. The molecule has 6 rings (SSSR count). The third-order valence-electron chi connectivity index (χ3n) is 7.19. The van der Waals surface area contributed by atoms with Gasteiger partial charge in [-0.15, -0.1) is 0 Å². The monoisotopic (exact) mass is 403 g/mol. The molecule has 3 N–H and O–H groups in total. The maximum atomic E-state index is 4.92. The van der Waals surface area contributed by atoms with E-state index in [1.165, 1.54) is 44.9 Å². The molecule has 2 saturated heterocycles. The Labute approximate surface area is 176 Å². The van der Waals surface area contributed by atoms with Crippen LogP contribution in [-0.4, -0.2) is 49.2 Å². The summed E-state index contributed by atoms with van der Waals surface area (Å²) >= 11 is 0. The van der Waals surface area contributed by atoms with E-state index in [4.69, 9.17) is 4.98 Å². The molecule has 0 spiro atoms. The lowest BCUT2D eigenvalue weighted by molar-refractivity contribution is 0.0407. The third-order valence-corrected chi connectivity index (χ3v) is 7.19. The first-order chi connectivity index (χ1) is 14.7. The maximum absolute atomic E-state index is 4.92. The van der Waals surface area contributed by atoms with Crippen LogP contribution < -0.4 is 10.6 Å². The van der Waals surface area contributed by atoms with E-state index in [2.05, 4.69) is 36.8 Å². The summed E-state index contributed by atoms with van der Waals surface area (Å²) < 4.78 is 0. The summed E-state index contributed by atoms with van der Waals surface area (Å²) in [7, 11) is 0. The second-order valence-electron chi connectivity index (χ2n) is 9.22. The van der Waals surface area contributed by atoms with Crippen LogP contribution in [0.1, 0.15) is 50.6 Å². The zero-order chi connectivity index (χ0) is 20.1.